The Balaban J connectivity index is 2.57. The van der Waals surface area contributed by atoms with Gasteiger partial charge in [0.05, 0.1) is 13.2 Å². The predicted molar refractivity (Wildman–Crippen MR) is 81.5 cm³/mol. The summed E-state index contributed by atoms with van der Waals surface area (Å²) in [6, 6.07) is 10.4. The van der Waals surface area contributed by atoms with E-state index >= 15 is 0 Å². The van der Waals surface area contributed by atoms with Crippen molar-refractivity contribution in [2.75, 3.05) is 26.8 Å². The number of methoxy groups -OCH3 is 1. The fraction of sp³-hybridized carbons (Fsp3) is 0.562. The first-order valence-corrected chi connectivity index (χ1v) is 7.22. The van der Waals surface area contributed by atoms with Gasteiger partial charge in [-0.1, -0.05) is 37.3 Å². The van der Waals surface area contributed by atoms with Crippen LogP contribution in [0.5, 0.6) is 0 Å². The minimum atomic E-state index is 0.138. The molecule has 1 N–H and O–H groups in total. The van der Waals surface area contributed by atoms with E-state index in [9.17, 15) is 4.79 Å². The number of nitrogens with one attached hydrogen (secondary N) is 1. The van der Waals surface area contributed by atoms with Crippen molar-refractivity contribution in [3.05, 3.63) is 35.9 Å². The average molecular weight is 278 g/mol. The van der Waals surface area contributed by atoms with E-state index in [4.69, 9.17) is 4.74 Å². The van der Waals surface area contributed by atoms with Crippen molar-refractivity contribution in [3.8, 4) is 0 Å². The summed E-state index contributed by atoms with van der Waals surface area (Å²) in [4.78, 5) is 14.3. The van der Waals surface area contributed by atoms with Crippen molar-refractivity contribution >= 4 is 5.91 Å². The molecule has 112 valence electrons. The van der Waals surface area contributed by atoms with Crippen molar-refractivity contribution < 1.29 is 9.53 Å². The Kier molecular flexibility index (Phi) is 7.92. The molecule has 1 unspecified atom stereocenters. The Morgan fingerprint density at radius 1 is 1.35 bits per heavy atom. The lowest BCUT2D eigenvalue weighted by Crippen LogP contribution is -2.43. The molecular formula is C16H26N2O2. The van der Waals surface area contributed by atoms with E-state index in [2.05, 4.69) is 31.3 Å². The number of hydrogen-bond donors (Lipinski definition) is 1. The summed E-state index contributed by atoms with van der Waals surface area (Å²) in [6.45, 7) is 6.54. The van der Waals surface area contributed by atoms with E-state index in [0.717, 1.165) is 12.0 Å². The topological polar surface area (TPSA) is 41.6 Å². The summed E-state index contributed by atoms with van der Waals surface area (Å²) in [5.74, 6) is 0.138. The van der Waals surface area contributed by atoms with Crippen LogP contribution in [0.25, 0.3) is 0 Å². The molecule has 1 rings (SSSR count). The van der Waals surface area contributed by atoms with Gasteiger partial charge >= 0.3 is 0 Å². The van der Waals surface area contributed by atoms with Gasteiger partial charge in [0.1, 0.15) is 0 Å². The van der Waals surface area contributed by atoms with Gasteiger partial charge in [-0.05, 0) is 18.9 Å². The van der Waals surface area contributed by atoms with E-state index in [1.165, 1.54) is 0 Å². The van der Waals surface area contributed by atoms with E-state index in [0.29, 0.717) is 26.2 Å². The molecule has 0 aliphatic heterocycles. The zero-order valence-electron chi connectivity index (χ0n) is 12.8. The van der Waals surface area contributed by atoms with Gasteiger partial charge in [0.25, 0.3) is 0 Å². The van der Waals surface area contributed by atoms with Crippen LogP contribution < -0.4 is 5.32 Å². The average Bonchev–Trinajstić information content (AvgIpc) is 2.49. The van der Waals surface area contributed by atoms with E-state index in [1.54, 1.807) is 7.11 Å². The maximum Gasteiger partial charge on any atom is 0.237 e. The third-order valence-electron chi connectivity index (χ3n) is 3.40. The van der Waals surface area contributed by atoms with E-state index < -0.39 is 0 Å². The molecule has 0 saturated carbocycles. The fourth-order valence-electron chi connectivity index (χ4n) is 1.96. The Morgan fingerprint density at radius 2 is 2.05 bits per heavy atom. The summed E-state index contributed by atoms with van der Waals surface area (Å²) in [7, 11) is 1.66. The van der Waals surface area contributed by atoms with E-state index in [-0.39, 0.29) is 11.9 Å². The monoisotopic (exact) mass is 278 g/mol. The molecular weight excluding hydrogens is 252 g/mol. The first kappa shape index (κ1) is 16.7. The maximum absolute atomic E-state index is 12.3. The molecule has 0 heterocycles. The molecule has 0 aromatic heterocycles. The Morgan fingerprint density at radius 3 is 2.65 bits per heavy atom. The molecule has 1 atom stereocenters. The van der Waals surface area contributed by atoms with Crippen LogP contribution in [0.15, 0.2) is 30.3 Å². The molecule has 0 fully saturated rings. The van der Waals surface area contributed by atoms with Crippen molar-refractivity contribution in [2.45, 2.75) is 32.9 Å². The van der Waals surface area contributed by atoms with Gasteiger partial charge in [-0.25, -0.2) is 0 Å². The highest BCUT2D eigenvalue weighted by atomic mass is 16.5. The minimum absolute atomic E-state index is 0.138. The molecule has 1 aromatic rings. The lowest BCUT2D eigenvalue weighted by molar-refractivity contribution is -0.133. The highest BCUT2D eigenvalue weighted by molar-refractivity contribution is 5.78. The number of amides is 1. The minimum Gasteiger partial charge on any atom is -0.383 e. The molecule has 0 saturated heterocycles. The Hall–Kier alpha value is -1.39. The van der Waals surface area contributed by atoms with Gasteiger partial charge in [-0.15, -0.1) is 0 Å². The van der Waals surface area contributed by atoms with Crippen molar-refractivity contribution in [1.82, 2.24) is 10.2 Å². The van der Waals surface area contributed by atoms with Crippen molar-refractivity contribution in [1.29, 1.82) is 0 Å². The third-order valence-corrected chi connectivity index (χ3v) is 3.40. The van der Waals surface area contributed by atoms with Crippen LogP contribution in [0, 0.1) is 0 Å². The van der Waals surface area contributed by atoms with Crippen LogP contribution >= 0.6 is 0 Å². The third kappa shape index (κ3) is 5.72. The summed E-state index contributed by atoms with van der Waals surface area (Å²) >= 11 is 0. The summed E-state index contributed by atoms with van der Waals surface area (Å²) in [5.41, 5.74) is 1.16. The summed E-state index contributed by atoms with van der Waals surface area (Å²) in [6.07, 6.45) is 0.955. The molecule has 0 aliphatic rings. The number of benzene rings is 1. The van der Waals surface area contributed by atoms with Gasteiger partial charge in [0.2, 0.25) is 5.91 Å². The van der Waals surface area contributed by atoms with Crippen LogP contribution in [-0.4, -0.2) is 43.7 Å². The SMILES string of the molecule is CCC(C)N(Cc1ccccc1)C(=O)CNCCOC. The fourth-order valence-corrected chi connectivity index (χ4v) is 1.96. The molecule has 0 aliphatic carbocycles. The molecule has 1 aromatic carbocycles. The summed E-state index contributed by atoms with van der Waals surface area (Å²) in [5, 5.41) is 3.12. The van der Waals surface area contributed by atoms with Crippen LogP contribution in [0.3, 0.4) is 0 Å². The number of carbonyl (C=O) groups is 1. The largest absolute Gasteiger partial charge is 0.383 e. The van der Waals surface area contributed by atoms with Crippen LogP contribution in [0.1, 0.15) is 25.8 Å². The van der Waals surface area contributed by atoms with Gasteiger partial charge in [-0.3, -0.25) is 4.79 Å². The molecule has 4 nitrogen and oxygen atoms in total. The van der Waals surface area contributed by atoms with Gasteiger partial charge in [-0.2, -0.15) is 0 Å². The highest BCUT2D eigenvalue weighted by Gasteiger charge is 2.18. The van der Waals surface area contributed by atoms with Crippen LogP contribution in [0.2, 0.25) is 0 Å². The summed E-state index contributed by atoms with van der Waals surface area (Å²) < 4.78 is 4.96. The van der Waals surface area contributed by atoms with Gasteiger partial charge < -0.3 is 15.0 Å². The normalized spacial score (nSPS) is 12.2. The Labute approximate surface area is 122 Å². The zero-order valence-corrected chi connectivity index (χ0v) is 12.8. The molecule has 4 heteroatoms. The zero-order chi connectivity index (χ0) is 14.8. The second kappa shape index (κ2) is 9.50. The molecule has 0 spiro atoms. The van der Waals surface area contributed by atoms with Gasteiger partial charge in [0.15, 0.2) is 0 Å². The van der Waals surface area contributed by atoms with Gasteiger partial charge in [0, 0.05) is 26.2 Å². The number of hydrogen-bond acceptors (Lipinski definition) is 3. The highest BCUT2D eigenvalue weighted by Crippen LogP contribution is 2.10. The standard InChI is InChI=1S/C16H26N2O2/c1-4-14(2)18(13-15-8-6-5-7-9-15)16(19)12-17-10-11-20-3/h5-9,14,17H,4,10-13H2,1-3H3. The lowest BCUT2D eigenvalue weighted by atomic mass is 10.1. The van der Waals surface area contributed by atoms with E-state index in [1.807, 2.05) is 23.1 Å². The lowest BCUT2D eigenvalue weighted by Gasteiger charge is -2.29. The Bertz CT molecular complexity index is 381. The molecule has 20 heavy (non-hydrogen) atoms. The quantitative estimate of drug-likeness (QED) is 0.703. The number of nitrogens with zero attached hydrogens (tertiary/aromatic N) is 1. The number of carbonyl (C=O) groups excluding carboxylic acids is 1. The second-order valence-corrected chi connectivity index (χ2v) is 4.93. The molecule has 0 bridgehead atoms. The van der Waals surface area contributed by atoms with Crippen LogP contribution in [0.4, 0.5) is 0 Å². The number of ether oxygens (including phenoxy) is 1. The second-order valence-electron chi connectivity index (χ2n) is 4.93. The number of rotatable bonds is 9. The first-order valence-electron chi connectivity index (χ1n) is 7.22. The van der Waals surface area contributed by atoms with Crippen LogP contribution in [-0.2, 0) is 16.1 Å². The first-order chi connectivity index (χ1) is 9.69. The predicted octanol–water partition coefficient (Wildman–Crippen LogP) is 2.05. The van der Waals surface area contributed by atoms with Crippen molar-refractivity contribution in [2.24, 2.45) is 0 Å². The smallest absolute Gasteiger partial charge is 0.237 e. The van der Waals surface area contributed by atoms with Crippen molar-refractivity contribution in [3.63, 3.8) is 0 Å². The maximum atomic E-state index is 12.3. The molecule has 0 radical (unpaired) electrons. The molecule has 1 amide bonds.